The van der Waals surface area contributed by atoms with E-state index in [1.807, 2.05) is 17.0 Å². The molecule has 0 radical (unpaired) electrons. The molecule has 2 heterocycles. The summed E-state index contributed by atoms with van der Waals surface area (Å²) in [5.41, 5.74) is 1.65. The molecule has 2 fully saturated rings. The van der Waals surface area contributed by atoms with Gasteiger partial charge in [0, 0.05) is 45.7 Å². The molecule has 3 rings (SSSR count). The van der Waals surface area contributed by atoms with Gasteiger partial charge >= 0.3 is 0 Å². The first kappa shape index (κ1) is 20.3. The maximum atomic E-state index is 12.8. The normalized spacial score (nSPS) is 19.6. The lowest BCUT2D eigenvalue weighted by atomic mass is 10.1. The van der Waals surface area contributed by atoms with Crippen molar-refractivity contribution >= 4 is 17.7 Å². The van der Waals surface area contributed by atoms with Crippen LogP contribution in [0.3, 0.4) is 0 Å². The highest BCUT2D eigenvalue weighted by atomic mass is 16.5. The maximum absolute atomic E-state index is 12.8. The quantitative estimate of drug-likeness (QED) is 0.761. The van der Waals surface area contributed by atoms with Gasteiger partial charge in [0.15, 0.2) is 0 Å². The predicted molar refractivity (Wildman–Crippen MR) is 105 cm³/mol. The number of aryl methyl sites for hydroxylation is 1. The van der Waals surface area contributed by atoms with E-state index in [0.29, 0.717) is 51.3 Å². The van der Waals surface area contributed by atoms with Gasteiger partial charge in [-0.3, -0.25) is 14.4 Å². The highest BCUT2D eigenvalue weighted by molar-refractivity contribution is 5.94. The highest BCUT2D eigenvalue weighted by Gasteiger charge is 2.36. The van der Waals surface area contributed by atoms with Crippen LogP contribution in [0.2, 0.25) is 0 Å². The van der Waals surface area contributed by atoms with Gasteiger partial charge in [-0.05, 0) is 37.0 Å². The van der Waals surface area contributed by atoms with Crippen molar-refractivity contribution in [3.63, 3.8) is 0 Å². The second-order valence-corrected chi connectivity index (χ2v) is 7.58. The van der Waals surface area contributed by atoms with Crippen LogP contribution in [-0.2, 0) is 20.7 Å². The third-order valence-electron chi connectivity index (χ3n) is 5.42. The van der Waals surface area contributed by atoms with Crippen molar-refractivity contribution in [3.8, 4) is 0 Å². The topological polar surface area (TPSA) is 70.2 Å². The molecule has 7 heteroatoms. The van der Waals surface area contributed by atoms with Crippen LogP contribution in [0.15, 0.2) is 24.3 Å². The standard InChI is InChI=1S/C21H29N3O4/c1-22(2)20(26)17-8-5-16(6-9-17)7-10-19(25)24-11-3-4-18(24)21(27)23-12-14-28-15-13-23/h5-6,8-9,18H,3-4,7,10-15H2,1-2H3/t18-/m1/s1. The molecule has 0 aromatic heterocycles. The third kappa shape index (κ3) is 4.70. The van der Waals surface area contributed by atoms with Crippen LogP contribution >= 0.6 is 0 Å². The van der Waals surface area contributed by atoms with Crippen LogP contribution in [0, 0.1) is 0 Å². The molecule has 0 N–H and O–H groups in total. The lowest BCUT2D eigenvalue weighted by Crippen LogP contribution is -2.51. The van der Waals surface area contributed by atoms with Crippen LogP contribution in [0.5, 0.6) is 0 Å². The lowest BCUT2D eigenvalue weighted by Gasteiger charge is -2.32. The molecule has 1 aromatic carbocycles. The van der Waals surface area contributed by atoms with Crippen LogP contribution in [0.25, 0.3) is 0 Å². The fourth-order valence-corrected chi connectivity index (χ4v) is 3.78. The summed E-state index contributed by atoms with van der Waals surface area (Å²) in [7, 11) is 3.44. The molecular weight excluding hydrogens is 358 g/mol. The highest BCUT2D eigenvalue weighted by Crippen LogP contribution is 2.21. The Bertz CT molecular complexity index is 711. The first-order valence-electron chi connectivity index (χ1n) is 9.94. The van der Waals surface area contributed by atoms with Gasteiger partial charge in [0.2, 0.25) is 11.8 Å². The van der Waals surface area contributed by atoms with Crippen molar-refractivity contribution < 1.29 is 19.1 Å². The summed E-state index contributed by atoms with van der Waals surface area (Å²) < 4.78 is 5.31. The number of hydrogen-bond donors (Lipinski definition) is 0. The predicted octanol–water partition coefficient (Wildman–Crippen LogP) is 1.17. The van der Waals surface area contributed by atoms with Crippen LogP contribution in [-0.4, -0.2) is 85.4 Å². The van der Waals surface area contributed by atoms with E-state index in [4.69, 9.17) is 4.74 Å². The monoisotopic (exact) mass is 387 g/mol. The van der Waals surface area contributed by atoms with Crippen LogP contribution < -0.4 is 0 Å². The number of amides is 3. The second-order valence-electron chi connectivity index (χ2n) is 7.58. The Balaban J connectivity index is 1.55. The number of ether oxygens (including phenoxy) is 1. The minimum atomic E-state index is -0.328. The molecule has 0 spiro atoms. The van der Waals surface area contributed by atoms with Crippen LogP contribution in [0.1, 0.15) is 35.2 Å². The average molecular weight is 387 g/mol. The van der Waals surface area contributed by atoms with Gasteiger partial charge in [0.25, 0.3) is 5.91 Å². The Morgan fingerprint density at radius 2 is 1.75 bits per heavy atom. The minimum absolute atomic E-state index is 0.0255. The molecule has 3 amide bonds. The molecule has 0 saturated carbocycles. The largest absolute Gasteiger partial charge is 0.378 e. The molecule has 0 bridgehead atoms. The molecule has 2 aliphatic heterocycles. The Labute approximate surface area is 166 Å². The van der Waals surface area contributed by atoms with Gasteiger partial charge in [-0.15, -0.1) is 0 Å². The zero-order chi connectivity index (χ0) is 20.1. The van der Waals surface area contributed by atoms with Gasteiger partial charge in [-0.25, -0.2) is 0 Å². The summed E-state index contributed by atoms with van der Waals surface area (Å²) >= 11 is 0. The number of likely N-dealkylation sites (tertiary alicyclic amines) is 1. The number of rotatable bonds is 5. The summed E-state index contributed by atoms with van der Waals surface area (Å²) in [5, 5.41) is 0. The number of nitrogens with zero attached hydrogens (tertiary/aromatic N) is 3. The Kier molecular flexibility index (Phi) is 6.67. The van der Waals surface area contributed by atoms with E-state index in [1.54, 1.807) is 31.1 Å². The lowest BCUT2D eigenvalue weighted by molar-refractivity contribution is -0.146. The molecule has 2 saturated heterocycles. The van der Waals surface area contributed by atoms with Crippen molar-refractivity contribution in [1.82, 2.24) is 14.7 Å². The summed E-state index contributed by atoms with van der Waals surface area (Å²) in [6, 6.07) is 7.05. The van der Waals surface area contributed by atoms with Crippen molar-refractivity contribution in [1.29, 1.82) is 0 Å². The average Bonchev–Trinajstić information content (AvgIpc) is 3.22. The second kappa shape index (κ2) is 9.19. The third-order valence-corrected chi connectivity index (χ3v) is 5.42. The smallest absolute Gasteiger partial charge is 0.253 e. The molecule has 1 atom stereocenters. The fourth-order valence-electron chi connectivity index (χ4n) is 3.78. The van der Waals surface area contributed by atoms with Crippen molar-refractivity contribution in [2.45, 2.75) is 31.7 Å². The van der Waals surface area contributed by atoms with Gasteiger partial charge in [0.1, 0.15) is 6.04 Å². The number of carbonyl (C=O) groups excluding carboxylic acids is 3. The van der Waals surface area contributed by atoms with Gasteiger partial charge in [0.05, 0.1) is 13.2 Å². The molecule has 1 aromatic rings. The van der Waals surface area contributed by atoms with E-state index in [2.05, 4.69) is 0 Å². The zero-order valence-corrected chi connectivity index (χ0v) is 16.7. The Morgan fingerprint density at radius 3 is 2.39 bits per heavy atom. The molecular formula is C21H29N3O4. The molecule has 0 unspecified atom stereocenters. The molecule has 2 aliphatic rings. The Hall–Kier alpha value is -2.41. The molecule has 0 aliphatic carbocycles. The van der Waals surface area contributed by atoms with Gasteiger partial charge < -0.3 is 19.4 Å². The summed E-state index contributed by atoms with van der Waals surface area (Å²) in [6.45, 7) is 3.00. The van der Waals surface area contributed by atoms with Crippen molar-refractivity contribution in [2.24, 2.45) is 0 Å². The van der Waals surface area contributed by atoms with E-state index in [9.17, 15) is 14.4 Å². The van der Waals surface area contributed by atoms with Crippen molar-refractivity contribution in [3.05, 3.63) is 35.4 Å². The number of hydrogen-bond acceptors (Lipinski definition) is 4. The van der Waals surface area contributed by atoms with Gasteiger partial charge in [-0.2, -0.15) is 0 Å². The fraction of sp³-hybridized carbons (Fsp3) is 0.571. The van der Waals surface area contributed by atoms with E-state index in [0.717, 1.165) is 18.4 Å². The van der Waals surface area contributed by atoms with Crippen molar-refractivity contribution in [2.75, 3.05) is 46.9 Å². The van der Waals surface area contributed by atoms with E-state index < -0.39 is 0 Å². The number of carbonyl (C=O) groups is 3. The molecule has 7 nitrogen and oxygen atoms in total. The Morgan fingerprint density at radius 1 is 1.07 bits per heavy atom. The molecule has 28 heavy (non-hydrogen) atoms. The number of benzene rings is 1. The summed E-state index contributed by atoms with van der Waals surface area (Å²) in [5.74, 6) is 0.0439. The van der Waals surface area contributed by atoms with E-state index in [-0.39, 0.29) is 23.8 Å². The zero-order valence-electron chi connectivity index (χ0n) is 16.7. The first-order valence-corrected chi connectivity index (χ1v) is 9.94. The van der Waals surface area contributed by atoms with Gasteiger partial charge in [-0.1, -0.05) is 12.1 Å². The first-order chi connectivity index (χ1) is 13.5. The molecule has 152 valence electrons. The minimum Gasteiger partial charge on any atom is -0.378 e. The summed E-state index contributed by atoms with van der Waals surface area (Å²) in [4.78, 5) is 42.6. The van der Waals surface area contributed by atoms with Crippen LogP contribution in [0.4, 0.5) is 0 Å². The van der Waals surface area contributed by atoms with E-state index in [1.165, 1.54) is 4.90 Å². The van der Waals surface area contributed by atoms with E-state index >= 15 is 0 Å². The summed E-state index contributed by atoms with van der Waals surface area (Å²) in [6.07, 6.45) is 2.58. The SMILES string of the molecule is CN(C)C(=O)c1ccc(CCC(=O)N2CCC[C@@H]2C(=O)N2CCOCC2)cc1. The number of morpholine rings is 1. The maximum Gasteiger partial charge on any atom is 0.253 e.